The van der Waals surface area contributed by atoms with Gasteiger partial charge in [0.2, 0.25) is 11.8 Å². The molecule has 0 saturated carbocycles. The number of rotatable bonds is 11. The van der Waals surface area contributed by atoms with Crippen molar-refractivity contribution in [3.63, 3.8) is 0 Å². The Balaban J connectivity index is 2.13. The minimum Gasteiger partial charge on any atom is -0.352 e. The van der Waals surface area contributed by atoms with Crippen molar-refractivity contribution < 1.29 is 14.0 Å². The van der Waals surface area contributed by atoms with Crippen molar-refractivity contribution in [1.82, 2.24) is 10.2 Å². The highest BCUT2D eigenvalue weighted by atomic mass is 32.2. The van der Waals surface area contributed by atoms with Gasteiger partial charge in [-0.05, 0) is 49.9 Å². The van der Waals surface area contributed by atoms with Gasteiger partial charge in [-0.1, -0.05) is 55.8 Å². The summed E-state index contributed by atoms with van der Waals surface area (Å²) in [6.07, 6.45) is 1.33. The van der Waals surface area contributed by atoms with Gasteiger partial charge in [-0.3, -0.25) is 9.59 Å². The van der Waals surface area contributed by atoms with Crippen molar-refractivity contribution in [3.05, 3.63) is 71.0 Å². The summed E-state index contributed by atoms with van der Waals surface area (Å²) >= 11 is 1.54. The number of benzene rings is 2. The number of aryl methyl sites for hydroxylation is 1. The molecule has 2 aromatic rings. The van der Waals surface area contributed by atoms with E-state index >= 15 is 0 Å². The standard InChI is InChI=1S/C25H33FN2O2S/c1-5-19(4)27-25(30)23(6-2)28(15-20-10-12-22(26)13-11-20)24(29)17-31-16-21-9-7-8-18(3)14-21/h7-14,19,23H,5-6,15-17H2,1-4H3,(H,27,30)/t19-,23+/m1/s1. The molecular formula is C25H33FN2O2S. The highest BCUT2D eigenvalue weighted by Gasteiger charge is 2.29. The molecule has 4 nitrogen and oxygen atoms in total. The lowest BCUT2D eigenvalue weighted by Gasteiger charge is -2.31. The van der Waals surface area contributed by atoms with Crippen LogP contribution in [0.2, 0.25) is 0 Å². The van der Waals surface area contributed by atoms with Crippen LogP contribution in [0.1, 0.15) is 50.3 Å². The quantitative estimate of drug-likeness (QED) is 0.525. The Hall–Kier alpha value is -2.34. The zero-order chi connectivity index (χ0) is 22.8. The zero-order valence-corrected chi connectivity index (χ0v) is 19.7. The third-order valence-electron chi connectivity index (χ3n) is 5.23. The van der Waals surface area contributed by atoms with Gasteiger partial charge < -0.3 is 10.2 Å². The predicted octanol–water partition coefficient (Wildman–Crippen LogP) is 5.09. The summed E-state index contributed by atoms with van der Waals surface area (Å²) in [5, 5.41) is 3.00. The maximum Gasteiger partial charge on any atom is 0.243 e. The van der Waals surface area contributed by atoms with Crippen LogP contribution in [0, 0.1) is 12.7 Å². The highest BCUT2D eigenvalue weighted by Crippen LogP contribution is 2.18. The van der Waals surface area contributed by atoms with Gasteiger partial charge in [0.1, 0.15) is 11.9 Å². The third kappa shape index (κ3) is 8.02. The number of thioether (sulfide) groups is 1. The molecule has 0 spiro atoms. The van der Waals surface area contributed by atoms with E-state index in [4.69, 9.17) is 0 Å². The van der Waals surface area contributed by atoms with E-state index in [9.17, 15) is 14.0 Å². The third-order valence-corrected chi connectivity index (χ3v) is 6.22. The number of hydrogen-bond acceptors (Lipinski definition) is 3. The normalized spacial score (nSPS) is 12.8. The van der Waals surface area contributed by atoms with Crippen LogP contribution >= 0.6 is 11.8 Å². The minimum atomic E-state index is -0.564. The first kappa shape index (κ1) is 24.9. The van der Waals surface area contributed by atoms with Crippen LogP contribution in [0.25, 0.3) is 0 Å². The minimum absolute atomic E-state index is 0.0417. The van der Waals surface area contributed by atoms with Gasteiger partial charge in [0.05, 0.1) is 5.75 Å². The summed E-state index contributed by atoms with van der Waals surface area (Å²) in [6.45, 7) is 8.19. The average Bonchev–Trinajstić information content (AvgIpc) is 2.74. The van der Waals surface area contributed by atoms with E-state index in [0.717, 1.165) is 17.7 Å². The summed E-state index contributed by atoms with van der Waals surface area (Å²) in [6, 6.07) is 13.8. The van der Waals surface area contributed by atoms with E-state index in [0.29, 0.717) is 6.42 Å². The van der Waals surface area contributed by atoms with Gasteiger partial charge >= 0.3 is 0 Å². The SMILES string of the molecule is CC[C@@H](C)NC(=O)[C@H](CC)N(Cc1ccc(F)cc1)C(=O)CSCc1cccc(C)c1. The van der Waals surface area contributed by atoms with Gasteiger partial charge in [-0.15, -0.1) is 11.8 Å². The lowest BCUT2D eigenvalue weighted by Crippen LogP contribution is -2.51. The number of amides is 2. The number of nitrogens with one attached hydrogen (secondary N) is 1. The fourth-order valence-corrected chi connectivity index (χ4v) is 4.15. The molecular weight excluding hydrogens is 411 g/mol. The first-order valence-corrected chi connectivity index (χ1v) is 12.0. The molecule has 0 aliphatic rings. The van der Waals surface area contributed by atoms with Gasteiger partial charge in [-0.25, -0.2) is 4.39 Å². The average molecular weight is 445 g/mol. The highest BCUT2D eigenvalue weighted by molar-refractivity contribution is 7.99. The molecule has 2 atom stereocenters. The molecule has 0 aliphatic carbocycles. The second-order valence-corrected chi connectivity index (χ2v) is 8.86. The number of carbonyl (C=O) groups is 2. The summed E-state index contributed by atoms with van der Waals surface area (Å²) in [4.78, 5) is 27.7. The fourth-order valence-electron chi connectivity index (χ4n) is 3.29. The zero-order valence-electron chi connectivity index (χ0n) is 18.9. The number of nitrogens with zero attached hydrogens (tertiary/aromatic N) is 1. The Morgan fingerprint density at radius 2 is 1.77 bits per heavy atom. The Labute approximate surface area is 189 Å². The topological polar surface area (TPSA) is 49.4 Å². The van der Waals surface area contributed by atoms with Crippen LogP contribution in [0.3, 0.4) is 0 Å². The van der Waals surface area contributed by atoms with Crippen molar-refractivity contribution in [2.45, 2.75) is 64.9 Å². The molecule has 0 heterocycles. The van der Waals surface area contributed by atoms with Crippen LogP contribution in [0.15, 0.2) is 48.5 Å². The van der Waals surface area contributed by atoms with Crippen molar-refractivity contribution in [3.8, 4) is 0 Å². The molecule has 31 heavy (non-hydrogen) atoms. The summed E-state index contributed by atoms with van der Waals surface area (Å²) in [5.41, 5.74) is 3.16. The van der Waals surface area contributed by atoms with Crippen molar-refractivity contribution in [2.24, 2.45) is 0 Å². The van der Waals surface area contributed by atoms with Crippen LogP contribution in [0.5, 0.6) is 0 Å². The molecule has 0 aromatic heterocycles. The van der Waals surface area contributed by atoms with E-state index in [1.807, 2.05) is 39.8 Å². The van der Waals surface area contributed by atoms with E-state index in [1.54, 1.807) is 17.0 Å². The van der Waals surface area contributed by atoms with E-state index < -0.39 is 6.04 Å². The molecule has 2 rings (SSSR count). The second kappa shape index (κ2) is 12.5. The molecule has 0 aliphatic heterocycles. The van der Waals surface area contributed by atoms with Gasteiger partial charge in [0.25, 0.3) is 0 Å². The molecule has 0 bridgehead atoms. The Morgan fingerprint density at radius 3 is 2.39 bits per heavy atom. The van der Waals surface area contributed by atoms with Crippen molar-refractivity contribution >= 4 is 23.6 Å². The molecule has 6 heteroatoms. The Bertz CT molecular complexity index is 857. The monoisotopic (exact) mass is 444 g/mol. The molecule has 168 valence electrons. The molecule has 0 radical (unpaired) electrons. The molecule has 0 fully saturated rings. The van der Waals surface area contributed by atoms with Crippen LogP contribution in [0.4, 0.5) is 4.39 Å². The molecule has 0 saturated heterocycles. The number of hydrogen-bond donors (Lipinski definition) is 1. The lowest BCUT2D eigenvalue weighted by atomic mass is 10.1. The van der Waals surface area contributed by atoms with Crippen molar-refractivity contribution in [1.29, 1.82) is 0 Å². The molecule has 1 N–H and O–H groups in total. The number of carbonyl (C=O) groups excluding carboxylic acids is 2. The summed E-state index contributed by atoms with van der Waals surface area (Å²) in [7, 11) is 0. The van der Waals surface area contributed by atoms with Crippen LogP contribution in [-0.2, 0) is 21.9 Å². The van der Waals surface area contributed by atoms with Gasteiger partial charge in [0, 0.05) is 18.3 Å². The second-order valence-electron chi connectivity index (χ2n) is 7.87. The molecule has 0 unspecified atom stereocenters. The van der Waals surface area contributed by atoms with E-state index in [-0.39, 0.29) is 36.0 Å². The first-order chi connectivity index (χ1) is 14.8. The summed E-state index contributed by atoms with van der Waals surface area (Å²) < 4.78 is 13.3. The molecule has 2 amide bonds. The van der Waals surface area contributed by atoms with Crippen molar-refractivity contribution in [2.75, 3.05) is 5.75 Å². The van der Waals surface area contributed by atoms with Gasteiger partial charge in [0.15, 0.2) is 0 Å². The van der Waals surface area contributed by atoms with Crippen LogP contribution < -0.4 is 5.32 Å². The largest absolute Gasteiger partial charge is 0.352 e. The Morgan fingerprint density at radius 1 is 1.06 bits per heavy atom. The smallest absolute Gasteiger partial charge is 0.243 e. The number of halogens is 1. The molecule has 2 aromatic carbocycles. The van der Waals surface area contributed by atoms with E-state index in [1.165, 1.54) is 35.0 Å². The Kier molecular flexibility index (Phi) is 10.0. The van der Waals surface area contributed by atoms with Crippen LogP contribution in [-0.4, -0.2) is 34.6 Å². The first-order valence-electron chi connectivity index (χ1n) is 10.8. The summed E-state index contributed by atoms with van der Waals surface area (Å²) in [5.74, 6) is 0.455. The lowest BCUT2D eigenvalue weighted by molar-refractivity contribution is -0.139. The van der Waals surface area contributed by atoms with E-state index in [2.05, 4.69) is 17.4 Å². The predicted molar refractivity (Wildman–Crippen MR) is 126 cm³/mol. The fraction of sp³-hybridized carbons (Fsp3) is 0.440. The van der Waals surface area contributed by atoms with Gasteiger partial charge in [-0.2, -0.15) is 0 Å². The maximum absolute atomic E-state index is 13.3. The maximum atomic E-state index is 13.3.